The summed E-state index contributed by atoms with van der Waals surface area (Å²) < 4.78 is 0. The number of aromatic amines is 1. The molecule has 3 aromatic rings. The summed E-state index contributed by atoms with van der Waals surface area (Å²) in [6.07, 6.45) is 8.23. The lowest BCUT2D eigenvalue weighted by molar-refractivity contribution is -0.132. The zero-order valence-corrected chi connectivity index (χ0v) is 19.4. The number of benzene rings is 2. The van der Waals surface area contributed by atoms with E-state index in [9.17, 15) is 4.79 Å². The highest BCUT2D eigenvalue weighted by atomic mass is 35.5. The minimum atomic E-state index is 0.314. The first-order valence-electron chi connectivity index (χ1n) is 12.0. The molecule has 168 valence electrons. The van der Waals surface area contributed by atoms with Gasteiger partial charge < -0.3 is 14.8 Å². The Morgan fingerprint density at radius 3 is 2.66 bits per heavy atom. The molecule has 0 radical (unpaired) electrons. The predicted octanol–water partition coefficient (Wildman–Crippen LogP) is 5.76. The molecule has 0 aliphatic carbocycles. The monoisotopic (exact) mass is 449 g/mol. The van der Waals surface area contributed by atoms with Gasteiger partial charge in [-0.15, -0.1) is 0 Å². The maximum absolute atomic E-state index is 12.7. The third-order valence-corrected chi connectivity index (χ3v) is 7.63. The molecule has 32 heavy (non-hydrogen) atoms. The molecule has 1 amide bonds. The van der Waals surface area contributed by atoms with Gasteiger partial charge in [0, 0.05) is 36.6 Å². The number of amides is 1. The summed E-state index contributed by atoms with van der Waals surface area (Å²) in [5.74, 6) is 0.887. The molecule has 0 bridgehead atoms. The molecule has 0 atom stereocenters. The quantitative estimate of drug-likeness (QED) is 0.486. The molecule has 1 aromatic heterocycles. The van der Waals surface area contributed by atoms with Crippen LogP contribution < -0.4 is 0 Å². The number of nitrogens with zero attached hydrogens (tertiary/aromatic N) is 2. The highest BCUT2D eigenvalue weighted by Gasteiger charge is 2.24. The average Bonchev–Trinajstić information content (AvgIpc) is 3.27. The van der Waals surface area contributed by atoms with Gasteiger partial charge in [-0.05, 0) is 86.5 Å². The summed E-state index contributed by atoms with van der Waals surface area (Å²) in [6.45, 7) is 4.98. The Morgan fingerprint density at radius 1 is 1.00 bits per heavy atom. The normalized spacial score (nSPS) is 17.6. The van der Waals surface area contributed by atoms with Crippen molar-refractivity contribution >= 4 is 28.4 Å². The standard InChI is InChI=1S/C27H32ClN3O/c28-24-8-5-9-25-27(24)23(18-29-25)21-11-15-30(16-12-21)14-4-3-10-26(32)31-17-13-20-6-1-2-7-22(20)19-31/h1-2,5-9,18,21,29H,3-4,10-17,19H2. The lowest BCUT2D eigenvalue weighted by Crippen LogP contribution is -2.36. The van der Waals surface area contributed by atoms with Crippen molar-refractivity contribution in [2.45, 2.75) is 51.0 Å². The SMILES string of the molecule is O=C(CCCCN1CCC(c2c[nH]c3cccc(Cl)c23)CC1)N1CCc2ccccc2C1. The zero-order chi connectivity index (χ0) is 21.9. The lowest BCUT2D eigenvalue weighted by atomic mass is 9.89. The Kier molecular flexibility index (Phi) is 6.52. The van der Waals surface area contributed by atoms with Crippen LogP contribution in [-0.4, -0.2) is 46.9 Å². The van der Waals surface area contributed by atoms with Crippen LogP contribution in [0, 0.1) is 0 Å². The topological polar surface area (TPSA) is 39.3 Å². The van der Waals surface area contributed by atoms with Crippen LogP contribution in [-0.2, 0) is 17.8 Å². The number of hydrogen-bond acceptors (Lipinski definition) is 2. The van der Waals surface area contributed by atoms with Gasteiger partial charge in [-0.1, -0.05) is 41.9 Å². The molecule has 2 aromatic carbocycles. The van der Waals surface area contributed by atoms with Crippen molar-refractivity contribution in [1.82, 2.24) is 14.8 Å². The second kappa shape index (κ2) is 9.68. The van der Waals surface area contributed by atoms with E-state index in [1.54, 1.807) is 0 Å². The third-order valence-electron chi connectivity index (χ3n) is 7.31. The molecule has 5 heteroatoms. The van der Waals surface area contributed by atoms with E-state index in [0.717, 1.165) is 62.5 Å². The van der Waals surface area contributed by atoms with E-state index in [2.05, 4.69) is 46.4 Å². The van der Waals surface area contributed by atoms with Gasteiger partial charge in [0.15, 0.2) is 0 Å². The van der Waals surface area contributed by atoms with Gasteiger partial charge in [-0.25, -0.2) is 0 Å². The van der Waals surface area contributed by atoms with Gasteiger partial charge >= 0.3 is 0 Å². The van der Waals surface area contributed by atoms with Gasteiger partial charge in [0.25, 0.3) is 0 Å². The fourth-order valence-electron chi connectivity index (χ4n) is 5.43. The molecule has 0 unspecified atom stereocenters. The molecule has 1 N–H and O–H groups in total. The third kappa shape index (κ3) is 4.57. The average molecular weight is 450 g/mol. The van der Waals surface area contributed by atoms with Crippen molar-refractivity contribution in [2.75, 3.05) is 26.2 Å². The van der Waals surface area contributed by atoms with Crippen molar-refractivity contribution in [3.8, 4) is 0 Å². The Hall–Kier alpha value is -2.30. The van der Waals surface area contributed by atoms with Crippen molar-refractivity contribution in [3.63, 3.8) is 0 Å². The number of piperidine rings is 1. The van der Waals surface area contributed by atoms with Crippen molar-refractivity contribution < 1.29 is 4.79 Å². The fraction of sp³-hybridized carbons (Fsp3) is 0.444. The predicted molar refractivity (Wildman–Crippen MR) is 131 cm³/mol. The van der Waals surface area contributed by atoms with Crippen LogP contribution in [0.2, 0.25) is 5.02 Å². The number of carbonyl (C=O) groups is 1. The van der Waals surface area contributed by atoms with Crippen LogP contribution in [0.5, 0.6) is 0 Å². The maximum Gasteiger partial charge on any atom is 0.222 e. The zero-order valence-electron chi connectivity index (χ0n) is 18.7. The van der Waals surface area contributed by atoms with Crippen molar-refractivity contribution in [3.05, 3.63) is 70.4 Å². The van der Waals surface area contributed by atoms with Gasteiger partial charge in [-0.3, -0.25) is 4.79 Å². The highest BCUT2D eigenvalue weighted by Crippen LogP contribution is 2.36. The summed E-state index contributed by atoms with van der Waals surface area (Å²) in [7, 11) is 0. The van der Waals surface area contributed by atoms with Crippen LogP contribution in [0.1, 0.15) is 54.7 Å². The first-order chi connectivity index (χ1) is 15.7. The largest absolute Gasteiger partial charge is 0.361 e. The Morgan fingerprint density at radius 2 is 1.81 bits per heavy atom. The number of nitrogens with one attached hydrogen (secondary N) is 1. The molecule has 1 fully saturated rings. The fourth-order valence-corrected chi connectivity index (χ4v) is 5.72. The van der Waals surface area contributed by atoms with E-state index in [4.69, 9.17) is 11.6 Å². The van der Waals surface area contributed by atoms with E-state index in [1.807, 2.05) is 17.0 Å². The molecule has 4 nitrogen and oxygen atoms in total. The molecular formula is C27H32ClN3O. The summed E-state index contributed by atoms with van der Waals surface area (Å²) in [4.78, 5) is 20.7. The summed E-state index contributed by atoms with van der Waals surface area (Å²) >= 11 is 6.48. The summed E-state index contributed by atoms with van der Waals surface area (Å²) in [5.41, 5.74) is 5.22. The lowest BCUT2D eigenvalue weighted by Gasteiger charge is -2.32. The van der Waals surface area contributed by atoms with E-state index in [0.29, 0.717) is 18.2 Å². The smallest absolute Gasteiger partial charge is 0.222 e. The molecule has 0 saturated carbocycles. The molecule has 0 spiro atoms. The number of likely N-dealkylation sites (tertiary alicyclic amines) is 1. The van der Waals surface area contributed by atoms with Gasteiger partial charge in [-0.2, -0.15) is 0 Å². The number of aromatic nitrogens is 1. The highest BCUT2D eigenvalue weighted by molar-refractivity contribution is 6.35. The van der Waals surface area contributed by atoms with E-state index in [-0.39, 0.29) is 0 Å². The Balaban J connectivity index is 1.05. The molecule has 5 rings (SSSR count). The van der Waals surface area contributed by atoms with Crippen molar-refractivity contribution in [1.29, 1.82) is 0 Å². The molecule has 3 heterocycles. The molecule has 2 aliphatic rings. The second-order valence-electron chi connectivity index (χ2n) is 9.31. The van der Waals surface area contributed by atoms with Crippen LogP contribution in [0.3, 0.4) is 0 Å². The number of unbranched alkanes of at least 4 members (excludes halogenated alkanes) is 1. The first kappa shape index (κ1) is 21.5. The van der Waals surface area contributed by atoms with Crippen LogP contribution in [0.4, 0.5) is 0 Å². The maximum atomic E-state index is 12.7. The van der Waals surface area contributed by atoms with Crippen LogP contribution in [0.15, 0.2) is 48.7 Å². The number of rotatable bonds is 6. The van der Waals surface area contributed by atoms with Gasteiger partial charge in [0.1, 0.15) is 0 Å². The first-order valence-corrected chi connectivity index (χ1v) is 12.4. The van der Waals surface area contributed by atoms with Crippen LogP contribution in [0.25, 0.3) is 10.9 Å². The number of carbonyl (C=O) groups excluding carboxylic acids is 1. The molecule has 2 aliphatic heterocycles. The van der Waals surface area contributed by atoms with Crippen LogP contribution >= 0.6 is 11.6 Å². The van der Waals surface area contributed by atoms with E-state index >= 15 is 0 Å². The van der Waals surface area contributed by atoms with E-state index < -0.39 is 0 Å². The molecule has 1 saturated heterocycles. The second-order valence-corrected chi connectivity index (χ2v) is 9.72. The Bertz CT molecular complexity index is 1080. The van der Waals surface area contributed by atoms with Crippen molar-refractivity contribution in [2.24, 2.45) is 0 Å². The summed E-state index contributed by atoms with van der Waals surface area (Å²) in [6, 6.07) is 14.6. The van der Waals surface area contributed by atoms with E-state index in [1.165, 1.54) is 34.9 Å². The number of halogens is 1. The Labute approximate surface area is 195 Å². The number of hydrogen-bond donors (Lipinski definition) is 1. The number of fused-ring (bicyclic) bond motifs is 2. The minimum Gasteiger partial charge on any atom is -0.361 e. The van der Waals surface area contributed by atoms with Gasteiger partial charge in [0.05, 0.1) is 5.02 Å². The minimum absolute atomic E-state index is 0.314. The summed E-state index contributed by atoms with van der Waals surface area (Å²) in [5, 5.41) is 2.05. The molecular weight excluding hydrogens is 418 g/mol. The number of H-pyrrole nitrogens is 1. The van der Waals surface area contributed by atoms with Gasteiger partial charge in [0.2, 0.25) is 5.91 Å².